The Kier molecular flexibility index (Phi) is 2.55. The van der Waals surface area contributed by atoms with Gasteiger partial charge in [0.2, 0.25) is 0 Å². The minimum Gasteiger partial charge on any atom is -0.303 e. The molecule has 0 radical (unpaired) electrons. The number of carbonyl (C=O) groups excluding carboxylic acids is 1. The van der Waals surface area contributed by atoms with Crippen LogP contribution in [0.4, 0.5) is 4.39 Å². The van der Waals surface area contributed by atoms with Gasteiger partial charge in [-0.25, -0.2) is 4.39 Å². The van der Waals surface area contributed by atoms with E-state index in [1.807, 2.05) is 0 Å². The molecule has 0 heterocycles. The lowest BCUT2D eigenvalue weighted by atomic mass is 9.83. The molecule has 1 aliphatic carbocycles. The number of aldehydes is 1. The van der Waals surface area contributed by atoms with Gasteiger partial charge in [-0.3, -0.25) is 0 Å². The van der Waals surface area contributed by atoms with E-state index >= 15 is 0 Å². The summed E-state index contributed by atoms with van der Waals surface area (Å²) in [6.07, 6.45) is 3.44. The Hall–Kier alpha value is -0.890. The van der Waals surface area contributed by atoms with E-state index < -0.39 is 5.82 Å². The molecule has 1 unspecified atom stereocenters. The topological polar surface area (TPSA) is 17.1 Å². The summed E-state index contributed by atoms with van der Waals surface area (Å²) in [6, 6.07) is 3.01. The fourth-order valence-corrected chi connectivity index (χ4v) is 2.27. The highest BCUT2D eigenvalue weighted by atomic mass is 35.5. The molecule has 0 fully saturated rings. The highest BCUT2D eigenvalue weighted by Gasteiger charge is 2.22. The minimum atomic E-state index is -0.392. The molecular formula is C11H10ClFO. The third kappa shape index (κ3) is 1.44. The first kappa shape index (κ1) is 9.66. The molecule has 1 aromatic rings. The first-order valence-electron chi connectivity index (χ1n) is 4.66. The highest BCUT2D eigenvalue weighted by molar-refractivity contribution is 6.31. The van der Waals surface area contributed by atoms with Gasteiger partial charge in [-0.1, -0.05) is 17.7 Å². The lowest BCUT2D eigenvalue weighted by Gasteiger charge is -2.22. The molecule has 14 heavy (non-hydrogen) atoms. The van der Waals surface area contributed by atoms with Gasteiger partial charge in [0.1, 0.15) is 12.1 Å². The van der Waals surface area contributed by atoms with Gasteiger partial charge >= 0.3 is 0 Å². The Balaban J connectivity index is 2.55. The van der Waals surface area contributed by atoms with E-state index in [1.54, 1.807) is 6.07 Å². The number of fused-ring (bicyclic) bond motifs is 1. The molecule has 0 amide bonds. The Labute approximate surface area is 86.9 Å². The average molecular weight is 213 g/mol. The van der Waals surface area contributed by atoms with Gasteiger partial charge in [0, 0.05) is 5.92 Å². The maximum Gasteiger partial charge on any atom is 0.142 e. The van der Waals surface area contributed by atoms with Gasteiger partial charge in [-0.15, -0.1) is 0 Å². The second-order valence-electron chi connectivity index (χ2n) is 3.56. The summed E-state index contributed by atoms with van der Waals surface area (Å²) in [5, 5.41) is 0.189. The van der Waals surface area contributed by atoms with E-state index in [-0.39, 0.29) is 10.9 Å². The lowest BCUT2D eigenvalue weighted by Crippen LogP contribution is -2.11. The molecule has 0 bridgehead atoms. The monoisotopic (exact) mass is 212 g/mol. The van der Waals surface area contributed by atoms with Crippen molar-refractivity contribution < 1.29 is 9.18 Å². The van der Waals surface area contributed by atoms with Crippen molar-refractivity contribution in [3.63, 3.8) is 0 Å². The normalized spacial score (nSPS) is 20.3. The van der Waals surface area contributed by atoms with Gasteiger partial charge in [-0.2, -0.15) is 0 Å². The van der Waals surface area contributed by atoms with Crippen LogP contribution in [0.25, 0.3) is 0 Å². The van der Waals surface area contributed by atoms with Crippen molar-refractivity contribution in [3.05, 3.63) is 34.1 Å². The van der Waals surface area contributed by atoms with Gasteiger partial charge in [-0.05, 0) is 36.5 Å². The van der Waals surface area contributed by atoms with Crippen LogP contribution in [0.1, 0.15) is 29.9 Å². The minimum absolute atomic E-state index is 0.100. The van der Waals surface area contributed by atoms with Crippen LogP contribution in [-0.4, -0.2) is 6.29 Å². The highest BCUT2D eigenvalue weighted by Crippen LogP contribution is 2.35. The quantitative estimate of drug-likeness (QED) is 0.654. The predicted molar refractivity (Wildman–Crippen MR) is 53.2 cm³/mol. The average Bonchev–Trinajstić information content (AvgIpc) is 2.23. The molecule has 0 aromatic heterocycles. The Morgan fingerprint density at radius 2 is 2.29 bits per heavy atom. The van der Waals surface area contributed by atoms with Gasteiger partial charge in [0.05, 0.1) is 5.02 Å². The summed E-state index contributed by atoms with van der Waals surface area (Å²) >= 11 is 5.84. The van der Waals surface area contributed by atoms with Crippen LogP contribution < -0.4 is 0 Å². The van der Waals surface area contributed by atoms with E-state index in [1.165, 1.54) is 6.07 Å². The molecule has 0 saturated heterocycles. The first-order chi connectivity index (χ1) is 6.74. The van der Waals surface area contributed by atoms with Crippen molar-refractivity contribution in [1.29, 1.82) is 0 Å². The molecule has 0 spiro atoms. The number of rotatable bonds is 1. The molecule has 74 valence electrons. The van der Waals surface area contributed by atoms with Gasteiger partial charge in [0.15, 0.2) is 0 Å². The van der Waals surface area contributed by atoms with E-state index in [0.717, 1.165) is 36.7 Å². The molecule has 1 aliphatic rings. The summed E-state index contributed by atoms with van der Waals surface area (Å²) in [4.78, 5) is 10.8. The van der Waals surface area contributed by atoms with Crippen LogP contribution in [-0.2, 0) is 11.2 Å². The number of benzene rings is 1. The standard InChI is InChI=1S/C11H10ClFO/c12-11-9-3-1-2-7(6-14)8(9)4-5-10(11)13/h4-7H,1-3H2. The number of halogens is 2. The maximum atomic E-state index is 13.1. The van der Waals surface area contributed by atoms with Crippen LogP contribution in [0.3, 0.4) is 0 Å². The molecule has 0 saturated carbocycles. The van der Waals surface area contributed by atoms with Crippen molar-refractivity contribution in [3.8, 4) is 0 Å². The number of hydrogen-bond donors (Lipinski definition) is 0. The van der Waals surface area contributed by atoms with Crippen LogP contribution in [0.15, 0.2) is 12.1 Å². The van der Waals surface area contributed by atoms with E-state index in [9.17, 15) is 9.18 Å². The number of hydrogen-bond acceptors (Lipinski definition) is 1. The van der Waals surface area contributed by atoms with E-state index in [0.29, 0.717) is 0 Å². The maximum absolute atomic E-state index is 13.1. The summed E-state index contributed by atoms with van der Waals surface area (Å²) < 4.78 is 13.1. The van der Waals surface area contributed by atoms with E-state index in [4.69, 9.17) is 11.6 Å². The van der Waals surface area contributed by atoms with Crippen molar-refractivity contribution in [1.82, 2.24) is 0 Å². The van der Waals surface area contributed by atoms with Gasteiger partial charge in [0.25, 0.3) is 0 Å². The second kappa shape index (κ2) is 3.70. The van der Waals surface area contributed by atoms with Crippen molar-refractivity contribution >= 4 is 17.9 Å². The van der Waals surface area contributed by atoms with Crippen molar-refractivity contribution in [2.45, 2.75) is 25.2 Å². The summed E-state index contributed by atoms with van der Waals surface area (Å²) in [7, 11) is 0. The fourth-order valence-electron chi connectivity index (χ4n) is 2.00. The molecule has 1 nitrogen and oxygen atoms in total. The second-order valence-corrected chi connectivity index (χ2v) is 3.94. The third-order valence-electron chi connectivity index (χ3n) is 2.74. The smallest absolute Gasteiger partial charge is 0.142 e. The zero-order valence-electron chi connectivity index (χ0n) is 7.59. The van der Waals surface area contributed by atoms with Crippen LogP contribution in [0, 0.1) is 5.82 Å². The molecule has 0 aliphatic heterocycles. The van der Waals surface area contributed by atoms with Crippen molar-refractivity contribution in [2.75, 3.05) is 0 Å². The zero-order chi connectivity index (χ0) is 10.1. The van der Waals surface area contributed by atoms with Crippen LogP contribution >= 0.6 is 11.6 Å². The first-order valence-corrected chi connectivity index (χ1v) is 5.04. The predicted octanol–water partition coefficient (Wildman–Crippen LogP) is 3.10. The van der Waals surface area contributed by atoms with Crippen LogP contribution in [0.5, 0.6) is 0 Å². The molecule has 0 N–H and O–H groups in total. The summed E-state index contributed by atoms with van der Waals surface area (Å²) in [5.74, 6) is -0.492. The lowest BCUT2D eigenvalue weighted by molar-refractivity contribution is -0.109. The summed E-state index contributed by atoms with van der Waals surface area (Å²) in [6.45, 7) is 0. The van der Waals surface area contributed by atoms with Gasteiger partial charge < -0.3 is 4.79 Å². The third-order valence-corrected chi connectivity index (χ3v) is 3.15. The largest absolute Gasteiger partial charge is 0.303 e. The molecule has 2 rings (SSSR count). The molecule has 1 atom stereocenters. The Morgan fingerprint density at radius 3 is 3.00 bits per heavy atom. The molecule has 3 heteroatoms. The Bertz CT molecular complexity index is 376. The van der Waals surface area contributed by atoms with Crippen LogP contribution in [0.2, 0.25) is 5.02 Å². The molecular weight excluding hydrogens is 203 g/mol. The van der Waals surface area contributed by atoms with E-state index in [2.05, 4.69) is 0 Å². The van der Waals surface area contributed by atoms with Crippen molar-refractivity contribution in [2.24, 2.45) is 0 Å². The Morgan fingerprint density at radius 1 is 1.50 bits per heavy atom. The molecule has 1 aromatic carbocycles. The SMILES string of the molecule is O=CC1CCCc2c1ccc(F)c2Cl. The number of carbonyl (C=O) groups is 1. The summed E-state index contributed by atoms with van der Waals surface area (Å²) in [5.41, 5.74) is 1.72. The fraction of sp³-hybridized carbons (Fsp3) is 0.364. The zero-order valence-corrected chi connectivity index (χ0v) is 8.35.